The number of fused-ring (bicyclic) bond motifs is 2. The fourth-order valence-electron chi connectivity index (χ4n) is 3.81. The van der Waals surface area contributed by atoms with E-state index in [9.17, 15) is 4.79 Å². The summed E-state index contributed by atoms with van der Waals surface area (Å²) in [7, 11) is 1.76. The summed E-state index contributed by atoms with van der Waals surface area (Å²) in [4.78, 5) is 16.1. The summed E-state index contributed by atoms with van der Waals surface area (Å²) in [5.74, 6) is -0.0415. The largest absolute Gasteiger partial charge is 0.369 e. The van der Waals surface area contributed by atoms with Gasteiger partial charge in [-0.2, -0.15) is 5.10 Å². The first-order valence-corrected chi connectivity index (χ1v) is 9.47. The number of ether oxygens (including phenoxy) is 1. The summed E-state index contributed by atoms with van der Waals surface area (Å²) >= 11 is 8.05. The van der Waals surface area contributed by atoms with Gasteiger partial charge in [-0.1, -0.05) is 11.6 Å². The average molecular weight is 366 g/mol. The summed E-state index contributed by atoms with van der Waals surface area (Å²) in [5.41, 5.74) is 2.38. The van der Waals surface area contributed by atoms with Crippen molar-refractivity contribution in [3.05, 3.63) is 38.3 Å². The van der Waals surface area contributed by atoms with Crippen LogP contribution in [0.3, 0.4) is 0 Å². The van der Waals surface area contributed by atoms with Gasteiger partial charge in [0, 0.05) is 25.0 Å². The smallest absolute Gasteiger partial charge is 0.273 e. The predicted molar refractivity (Wildman–Crippen MR) is 93.7 cm³/mol. The first kappa shape index (κ1) is 16.1. The highest BCUT2D eigenvalue weighted by molar-refractivity contribution is 7.10. The number of aryl methyl sites for hydroxylation is 2. The van der Waals surface area contributed by atoms with Crippen molar-refractivity contribution in [1.82, 2.24) is 14.7 Å². The molecule has 4 heterocycles. The van der Waals surface area contributed by atoms with E-state index in [-0.39, 0.29) is 11.5 Å². The Hall–Kier alpha value is -1.37. The molecule has 24 heavy (non-hydrogen) atoms. The maximum absolute atomic E-state index is 12.9. The van der Waals surface area contributed by atoms with Crippen molar-refractivity contribution in [3.63, 3.8) is 0 Å². The first-order valence-electron chi connectivity index (χ1n) is 8.21. The zero-order valence-corrected chi connectivity index (χ0v) is 15.4. The molecule has 0 bridgehead atoms. The third kappa shape index (κ3) is 2.39. The number of carbonyl (C=O) groups is 1. The van der Waals surface area contributed by atoms with Crippen LogP contribution in [0.4, 0.5) is 0 Å². The molecule has 1 fully saturated rings. The van der Waals surface area contributed by atoms with Crippen molar-refractivity contribution in [1.29, 1.82) is 0 Å². The molecule has 5 nitrogen and oxygen atoms in total. The lowest BCUT2D eigenvalue weighted by Gasteiger charge is -2.43. The molecule has 0 saturated carbocycles. The molecular weight excluding hydrogens is 346 g/mol. The van der Waals surface area contributed by atoms with Gasteiger partial charge < -0.3 is 9.64 Å². The number of piperidine rings is 1. The maximum Gasteiger partial charge on any atom is 0.273 e. The third-order valence-corrected chi connectivity index (χ3v) is 6.71. The molecule has 0 atom stereocenters. The van der Waals surface area contributed by atoms with E-state index in [4.69, 9.17) is 16.3 Å². The van der Waals surface area contributed by atoms with Gasteiger partial charge in [0.1, 0.15) is 11.3 Å². The Bertz CT molecular complexity index is 790. The SMILES string of the molecule is Cc1nn(C)c(C(=O)N2CCC3(CC2)OCCc2ccsc23)c1Cl. The number of halogens is 1. The molecule has 7 heteroatoms. The Labute approximate surface area is 150 Å². The second kappa shape index (κ2) is 5.86. The van der Waals surface area contributed by atoms with E-state index >= 15 is 0 Å². The summed E-state index contributed by atoms with van der Waals surface area (Å²) in [5, 5.41) is 6.85. The lowest BCUT2D eigenvalue weighted by molar-refractivity contribution is -0.0906. The molecule has 1 amide bonds. The van der Waals surface area contributed by atoms with Crippen molar-refractivity contribution in [3.8, 4) is 0 Å². The third-order valence-electron chi connectivity index (χ3n) is 5.12. The predicted octanol–water partition coefficient (Wildman–Crippen LogP) is 3.15. The minimum absolute atomic E-state index is 0.0415. The molecule has 2 aromatic rings. The van der Waals surface area contributed by atoms with E-state index in [1.165, 1.54) is 10.4 Å². The standard InChI is InChI=1S/C17H20ClN3O2S/c1-11-13(18)14(20(2)19-11)16(22)21-7-5-17(6-8-21)15-12(3-9-23-17)4-10-24-15/h4,10H,3,5-9H2,1-2H3. The highest BCUT2D eigenvalue weighted by Crippen LogP contribution is 2.44. The number of likely N-dealkylation sites (tertiary alicyclic amines) is 1. The Morgan fingerprint density at radius 1 is 1.42 bits per heavy atom. The van der Waals surface area contributed by atoms with Gasteiger partial charge >= 0.3 is 0 Å². The van der Waals surface area contributed by atoms with Crippen LogP contribution in [0.2, 0.25) is 5.02 Å². The summed E-state index contributed by atoms with van der Waals surface area (Å²) in [6.07, 6.45) is 2.66. The quantitative estimate of drug-likeness (QED) is 0.780. The molecule has 0 N–H and O–H groups in total. The van der Waals surface area contributed by atoms with Crippen molar-refractivity contribution in [2.24, 2.45) is 7.05 Å². The van der Waals surface area contributed by atoms with Gasteiger partial charge in [0.05, 0.1) is 17.3 Å². The summed E-state index contributed by atoms with van der Waals surface area (Å²) < 4.78 is 7.79. The van der Waals surface area contributed by atoms with Crippen LogP contribution in [0.25, 0.3) is 0 Å². The van der Waals surface area contributed by atoms with E-state index in [1.807, 2.05) is 11.8 Å². The summed E-state index contributed by atoms with van der Waals surface area (Å²) in [6, 6.07) is 2.21. The van der Waals surface area contributed by atoms with Gasteiger partial charge in [-0.25, -0.2) is 0 Å². The molecule has 0 aromatic carbocycles. The Balaban J connectivity index is 1.54. The number of aromatic nitrogens is 2. The normalized spacial score (nSPS) is 19.5. The van der Waals surface area contributed by atoms with Crippen molar-refractivity contribution in [2.75, 3.05) is 19.7 Å². The number of rotatable bonds is 1. The average Bonchev–Trinajstić information content (AvgIpc) is 3.14. The van der Waals surface area contributed by atoms with Crippen molar-refractivity contribution < 1.29 is 9.53 Å². The van der Waals surface area contributed by atoms with Crippen LogP contribution in [-0.4, -0.2) is 40.3 Å². The molecule has 2 aliphatic heterocycles. The number of carbonyl (C=O) groups excluding carboxylic acids is 1. The molecule has 2 aromatic heterocycles. The lowest BCUT2D eigenvalue weighted by atomic mass is 9.85. The molecule has 0 unspecified atom stereocenters. The van der Waals surface area contributed by atoms with E-state index < -0.39 is 0 Å². The highest BCUT2D eigenvalue weighted by atomic mass is 35.5. The monoisotopic (exact) mass is 365 g/mol. The minimum Gasteiger partial charge on any atom is -0.369 e. The van der Waals surface area contributed by atoms with E-state index in [1.54, 1.807) is 23.1 Å². The number of nitrogens with zero attached hydrogens (tertiary/aromatic N) is 3. The Morgan fingerprint density at radius 3 is 2.83 bits per heavy atom. The van der Waals surface area contributed by atoms with Crippen LogP contribution in [0, 0.1) is 6.92 Å². The zero-order valence-electron chi connectivity index (χ0n) is 13.8. The van der Waals surface area contributed by atoms with Gasteiger partial charge in [-0.3, -0.25) is 9.48 Å². The van der Waals surface area contributed by atoms with Crippen LogP contribution < -0.4 is 0 Å². The molecule has 1 saturated heterocycles. The molecule has 0 radical (unpaired) electrons. The molecule has 128 valence electrons. The van der Waals surface area contributed by atoms with Crippen molar-refractivity contribution >= 4 is 28.8 Å². The number of hydrogen-bond donors (Lipinski definition) is 0. The number of amides is 1. The minimum atomic E-state index is -0.204. The molecular formula is C17H20ClN3O2S. The first-order chi connectivity index (χ1) is 11.5. The van der Waals surface area contributed by atoms with Gasteiger partial charge in [0.2, 0.25) is 0 Å². The van der Waals surface area contributed by atoms with E-state index in [0.29, 0.717) is 29.5 Å². The van der Waals surface area contributed by atoms with E-state index in [2.05, 4.69) is 16.5 Å². The highest BCUT2D eigenvalue weighted by Gasteiger charge is 2.43. The maximum atomic E-state index is 12.9. The zero-order chi connectivity index (χ0) is 16.9. The number of thiophene rings is 1. The Morgan fingerprint density at radius 2 is 2.17 bits per heavy atom. The second-order valence-corrected chi connectivity index (χ2v) is 7.83. The molecule has 0 aliphatic carbocycles. The van der Waals surface area contributed by atoms with Crippen LogP contribution in [0.1, 0.15) is 39.5 Å². The van der Waals surface area contributed by atoms with E-state index in [0.717, 1.165) is 25.9 Å². The fourth-order valence-corrected chi connectivity index (χ4v) is 5.22. The Kier molecular flexibility index (Phi) is 3.94. The fraction of sp³-hybridized carbons (Fsp3) is 0.529. The van der Waals surface area contributed by atoms with Crippen molar-refractivity contribution in [2.45, 2.75) is 31.8 Å². The van der Waals surface area contributed by atoms with Crippen LogP contribution in [0.15, 0.2) is 11.4 Å². The van der Waals surface area contributed by atoms with Gasteiger partial charge in [0.15, 0.2) is 0 Å². The van der Waals surface area contributed by atoms with Gasteiger partial charge in [-0.05, 0) is 43.2 Å². The molecule has 2 aliphatic rings. The van der Waals surface area contributed by atoms with Gasteiger partial charge in [-0.15, -0.1) is 11.3 Å². The topological polar surface area (TPSA) is 47.4 Å². The van der Waals surface area contributed by atoms with Crippen LogP contribution in [0.5, 0.6) is 0 Å². The summed E-state index contributed by atoms with van der Waals surface area (Å²) in [6.45, 7) is 3.94. The van der Waals surface area contributed by atoms with Crippen LogP contribution >= 0.6 is 22.9 Å². The van der Waals surface area contributed by atoms with Gasteiger partial charge in [0.25, 0.3) is 5.91 Å². The van der Waals surface area contributed by atoms with Crippen LogP contribution in [-0.2, 0) is 23.8 Å². The number of hydrogen-bond acceptors (Lipinski definition) is 4. The molecule has 1 spiro atoms. The second-order valence-electron chi connectivity index (χ2n) is 6.53. The molecule has 4 rings (SSSR count). The lowest BCUT2D eigenvalue weighted by Crippen LogP contribution is -2.48.